The number of hydrogen-bond acceptors (Lipinski definition) is 3. The maximum Gasteiger partial charge on any atom is 0.336 e. The van der Waals surface area contributed by atoms with Gasteiger partial charge in [0, 0.05) is 26.2 Å². The maximum atomic E-state index is 12.1. The second-order valence-corrected chi connectivity index (χ2v) is 4.98. The fraction of sp³-hybridized carbons (Fsp3) is 0.400. The molecule has 1 fully saturated rings. The highest BCUT2D eigenvalue weighted by Crippen LogP contribution is 2.15. The molecular formula is C15H18N2O4. The lowest BCUT2D eigenvalue weighted by Crippen LogP contribution is -2.54. The predicted octanol–water partition coefficient (Wildman–Crippen LogP) is 0.966. The molecular weight excluding hydrogens is 272 g/mol. The Morgan fingerprint density at radius 1 is 1.14 bits per heavy atom. The molecule has 0 radical (unpaired) electrons. The van der Waals surface area contributed by atoms with E-state index in [2.05, 4.69) is 0 Å². The lowest BCUT2D eigenvalue weighted by atomic mass is 10.1. The lowest BCUT2D eigenvalue weighted by Gasteiger charge is -2.33. The zero-order chi connectivity index (χ0) is 15.4. The van der Waals surface area contributed by atoms with Crippen molar-refractivity contribution in [2.24, 2.45) is 0 Å². The number of hydrogen-bond donors (Lipinski definition) is 1. The number of carboxylic acids is 1. The van der Waals surface area contributed by atoms with E-state index in [4.69, 9.17) is 5.11 Å². The number of aromatic carboxylic acids is 1. The Kier molecular flexibility index (Phi) is 4.57. The second-order valence-electron chi connectivity index (χ2n) is 4.98. The average Bonchev–Trinajstić information content (AvgIpc) is 2.47. The van der Waals surface area contributed by atoms with E-state index in [1.165, 1.54) is 11.0 Å². The molecule has 6 nitrogen and oxygen atoms in total. The fourth-order valence-electron chi connectivity index (χ4n) is 2.42. The van der Waals surface area contributed by atoms with Gasteiger partial charge in [0.05, 0.1) is 5.56 Å². The van der Waals surface area contributed by atoms with Gasteiger partial charge in [0.25, 0.3) is 0 Å². The summed E-state index contributed by atoms with van der Waals surface area (Å²) in [7, 11) is 0. The molecule has 2 rings (SSSR count). The Balaban J connectivity index is 2.13. The van der Waals surface area contributed by atoms with E-state index in [0.717, 1.165) is 6.42 Å². The first-order valence-corrected chi connectivity index (χ1v) is 6.94. The van der Waals surface area contributed by atoms with Gasteiger partial charge in [0.1, 0.15) is 0 Å². The third-order valence-electron chi connectivity index (χ3n) is 3.50. The van der Waals surface area contributed by atoms with Crippen LogP contribution in [-0.2, 0) is 16.1 Å². The quantitative estimate of drug-likeness (QED) is 0.820. The summed E-state index contributed by atoms with van der Waals surface area (Å²) in [5, 5.41) is 9.15. The highest BCUT2D eigenvalue weighted by molar-refractivity contribution is 6.35. The number of nitrogens with zero attached hydrogens (tertiary/aromatic N) is 2. The summed E-state index contributed by atoms with van der Waals surface area (Å²) in [5.74, 6) is -2.10. The van der Waals surface area contributed by atoms with E-state index in [9.17, 15) is 14.4 Å². The van der Waals surface area contributed by atoms with Crippen LogP contribution in [0.3, 0.4) is 0 Å². The van der Waals surface area contributed by atoms with Crippen LogP contribution in [0.4, 0.5) is 0 Å². The van der Waals surface area contributed by atoms with Crippen LogP contribution in [0.5, 0.6) is 0 Å². The van der Waals surface area contributed by atoms with Gasteiger partial charge in [-0.1, -0.05) is 25.1 Å². The molecule has 0 aliphatic carbocycles. The molecule has 2 amide bonds. The topological polar surface area (TPSA) is 77.9 Å². The molecule has 0 atom stereocenters. The van der Waals surface area contributed by atoms with Crippen LogP contribution < -0.4 is 0 Å². The van der Waals surface area contributed by atoms with Crippen LogP contribution >= 0.6 is 0 Å². The summed E-state index contributed by atoms with van der Waals surface area (Å²) in [5.41, 5.74) is 0.698. The van der Waals surface area contributed by atoms with E-state index in [1.807, 2.05) is 6.92 Å². The van der Waals surface area contributed by atoms with Gasteiger partial charge >= 0.3 is 17.8 Å². The van der Waals surface area contributed by atoms with Gasteiger partial charge in [-0.2, -0.15) is 0 Å². The van der Waals surface area contributed by atoms with Crippen LogP contribution in [0.25, 0.3) is 0 Å². The van der Waals surface area contributed by atoms with Gasteiger partial charge in [-0.3, -0.25) is 9.59 Å². The molecule has 6 heteroatoms. The number of carbonyl (C=O) groups excluding carboxylic acids is 2. The first kappa shape index (κ1) is 15.0. The van der Waals surface area contributed by atoms with E-state index in [0.29, 0.717) is 25.2 Å². The first-order valence-electron chi connectivity index (χ1n) is 6.94. The first-order chi connectivity index (χ1) is 10.0. The van der Waals surface area contributed by atoms with Crippen molar-refractivity contribution in [2.75, 3.05) is 19.6 Å². The summed E-state index contributed by atoms with van der Waals surface area (Å²) in [6.07, 6.45) is 0.806. The number of carboxylic acid groups (broad SMARTS) is 1. The van der Waals surface area contributed by atoms with Crippen molar-refractivity contribution < 1.29 is 19.5 Å². The van der Waals surface area contributed by atoms with Gasteiger partial charge in [0.15, 0.2) is 0 Å². The predicted molar refractivity (Wildman–Crippen MR) is 75.7 cm³/mol. The number of amides is 2. The standard InChI is InChI=1S/C15H18N2O4/c1-2-7-16-8-9-17(14(19)13(16)18)10-11-5-3-4-6-12(11)15(20)21/h3-6H,2,7-10H2,1H3,(H,20,21). The summed E-state index contributed by atoms with van der Waals surface area (Å²) >= 11 is 0. The number of benzene rings is 1. The number of carbonyl (C=O) groups is 3. The lowest BCUT2D eigenvalue weighted by molar-refractivity contribution is -0.156. The molecule has 1 aromatic rings. The molecule has 0 aromatic heterocycles. The van der Waals surface area contributed by atoms with Gasteiger partial charge in [-0.25, -0.2) is 4.79 Å². The van der Waals surface area contributed by atoms with Crippen molar-refractivity contribution in [1.29, 1.82) is 0 Å². The van der Waals surface area contributed by atoms with Crippen molar-refractivity contribution in [3.05, 3.63) is 35.4 Å². The molecule has 0 saturated carbocycles. The molecule has 1 aliphatic rings. The average molecular weight is 290 g/mol. The maximum absolute atomic E-state index is 12.1. The Labute approximate surface area is 123 Å². The minimum Gasteiger partial charge on any atom is -0.478 e. The largest absolute Gasteiger partial charge is 0.478 e. The van der Waals surface area contributed by atoms with Crippen molar-refractivity contribution in [3.8, 4) is 0 Å². The number of rotatable bonds is 5. The molecule has 21 heavy (non-hydrogen) atoms. The Bertz CT molecular complexity index is 571. The third-order valence-corrected chi connectivity index (χ3v) is 3.50. The molecule has 0 bridgehead atoms. The van der Waals surface area contributed by atoms with Crippen molar-refractivity contribution in [1.82, 2.24) is 9.80 Å². The molecule has 1 aromatic carbocycles. The van der Waals surface area contributed by atoms with Crippen LogP contribution in [0.1, 0.15) is 29.3 Å². The van der Waals surface area contributed by atoms with Gasteiger partial charge < -0.3 is 14.9 Å². The summed E-state index contributed by atoms with van der Waals surface area (Å²) < 4.78 is 0. The Morgan fingerprint density at radius 3 is 2.43 bits per heavy atom. The van der Waals surface area contributed by atoms with E-state index in [-0.39, 0.29) is 12.1 Å². The Morgan fingerprint density at radius 2 is 1.76 bits per heavy atom. The van der Waals surface area contributed by atoms with Crippen LogP contribution in [0.15, 0.2) is 24.3 Å². The molecule has 1 heterocycles. The SMILES string of the molecule is CCCN1CCN(Cc2ccccc2C(=O)O)C(=O)C1=O. The third kappa shape index (κ3) is 3.21. The minimum atomic E-state index is -1.03. The zero-order valence-corrected chi connectivity index (χ0v) is 11.9. The van der Waals surface area contributed by atoms with Gasteiger partial charge in [0.2, 0.25) is 0 Å². The monoisotopic (exact) mass is 290 g/mol. The van der Waals surface area contributed by atoms with Crippen LogP contribution in [0.2, 0.25) is 0 Å². The summed E-state index contributed by atoms with van der Waals surface area (Å²) in [4.78, 5) is 38.2. The molecule has 0 spiro atoms. The van der Waals surface area contributed by atoms with Gasteiger partial charge in [-0.15, -0.1) is 0 Å². The van der Waals surface area contributed by atoms with Gasteiger partial charge in [-0.05, 0) is 18.1 Å². The summed E-state index contributed by atoms with van der Waals surface area (Å²) in [6.45, 7) is 3.59. The highest BCUT2D eigenvalue weighted by Gasteiger charge is 2.32. The zero-order valence-electron chi connectivity index (χ0n) is 11.9. The number of piperazine rings is 1. The highest BCUT2D eigenvalue weighted by atomic mass is 16.4. The van der Waals surface area contributed by atoms with Crippen LogP contribution in [-0.4, -0.2) is 52.3 Å². The molecule has 112 valence electrons. The fourth-order valence-corrected chi connectivity index (χ4v) is 2.42. The minimum absolute atomic E-state index is 0.146. The normalized spacial score (nSPS) is 15.5. The molecule has 1 aliphatic heterocycles. The van der Waals surface area contributed by atoms with Crippen LogP contribution in [0, 0.1) is 0 Å². The van der Waals surface area contributed by atoms with Crippen molar-refractivity contribution in [3.63, 3.8) is 0 Å². The van der Waals surface area contributed by atoms with E-state index >= 15 is 0 Å². The van der Waals surface area contributed by atoms with E-state index < -0.39 is 17.8 Å². The van der Waals surface area contributed by atoms with Crippen molar-refractivity contribution >= 4 is 17.8 Å². The molecule has 1 N–H and O–H groups in total. The smallest absolute Gasteiger partial charge is 0.336 e. The second kappa shape index (κ2) is 6.39. The van der Waals surface area contributed by atoms with E-state index in [1.54, 1.807) is 23.1 Å². The summed E-state index contributed by atoms with van der Waals surface area (Å²) in [6, 6.07) is 6.53. The van der Waals surface area contributed by atoms with Crippen molar-refractivity contribution in [2.45, 2.75) is 19.9 Å². The molecule has 1 saturated heterocycles. The Hall–Kier alpha value is -2.37. The molecule has 0 unspecified atom stereocenters.